The lowest BCUT2D eigenvalue weighted by Crippen LogP contribution is -2.52. The second-order valence-electron chi connectivity index (χ2n) is 7.35. The van der Waals surface area contributed by atoms with Crippen molar-refractivity contribution >= 4 is 23.5 Å². The quantitative estimate of drug-likeness (QED) is 0.480. The lowest BCUT2D eigenvalue weighted by molar-refractivity contribution is 0.0228. The van der Waals surface area contributed by atoms with Crippen molar-refractivity contribution in [3.8, 4) is 11.3 Å². The highest BCUT2D eigenvalue weighted by atomic mass is 16.5. The Labute approximate surface area is 174 Å². The van der Waals surface area contributed by atoms with E-state index in [-0.39, 0.29) is 24.3 Å². The van der Waals surface area contributed by atoms with Gasteiger partial charge >= 0.3 is 6.09 Å². The topological polar surface area (TPSA) is 153 Å². The Morgan fingerprint density at radius 3 is 3.03 bits per heavy atom. The Morgan fingerprint density at radius 1 is 1.40 bits per heavy atom. The number of nitrogens with zero attached hydrogens (tertiary/aromatic N) is 3. The smallest absolute Gasteiger partial charge is 0.406 e. The van der Waals surface area contributed by atoms with Crippen molar-refractivity contribution in [2.45, 2.75) is 25.2 Å². The van der Waals surface area contributed by atoms with Gasteiger partial charge in [0.1, 0.15) is 12.0 Å². The summed E-state index contributed by atoms with van der Waals surface area (Å²) in [7, 11) is 1.33. The van der Waals surface area contributed by atoms with Gasteiger partial charge in [0.15, 0.2) is 0 Å². The predicted octanol–water partition coefficient (Wildman–Crippen LogP) is 0.563. The largest absolute Gasteiger partial charge is 0.453 e. The highest BCUT2D eigenvalue weighted by Crippen LogP contribution is 2.32. The van der Waals surface area contributed by atoms with E-state index in [1.165, 1.54) is 7.11 Å². The fraction of sp³-hybridized carbons (Fsp3) is 0.421. The Kier molecular flexibility index (Phi) is 5.57. The summed E-state index contributed by atoms with van der Waals surface area (Å²) < 4.78 is 10.4. The molecule has 160 valence electrons. The van der Waals surface area contributed by atoms with Crippen LogP contribution in [0.15, 0.2) is 24.3 Å². The monoisotopic (exact) mass is 414 g/mol. The summed E-state index contributed by atoms with van der Waals surface area (Å²) in [6, 6.07) is 7.90. The molecule has 7 N–H and O–H groups in total. The molecule has 0 aliphatic carbocycles. The molecule has 1 aromatic carbocycles. The van der Waals surface area contributed by atoms with Gasteiger partial charge in [0.05, 0.1) is 37.2 Å². The molecule has 1 fully saturated rings. The molecule has 4 rings (SSSR count). The van der Waals surface area contributed by atoms with Crippen LogP contribution in [0, 0.1) is 0 Å². The lowest BCUT2D eigenvalue weighted by atomic mass is 10.1. The lowest BCUT2D eigenvalue weighted by Gasteiger charge is -2.39. The van der Waals surface area contributed by atoms with Crippen LogP contribution in [0.3, 0.4) is 0 Å². The summed E-state index contributed by atoms with van der Waals surface area (Å²) in [4.78, 5) is 22.3. The third kappa shape index (κ3) is 4.08. The van der Waals surface area contributed by atoms with E-state index >= 15 is 0 Å². The summed E-state index contributed by atoms with van der Waals surface area (Å²) in [5, 5.41) is 2.67. The van der Waals surface area contributed by atoms with Gasteiger partial charge in [-0.25, -0.2) is 15.2 Å². The molecule has 2 aliphatic rings. The van der Waals surface area contributed by atoms with Crippen molar-refractivity contribution in [1.29, 1.82) is 0 Å². The molecule has 2 aliphatic heterocycles. The molecule has 2 aromatic rings. The first kappa shape index (κ1) is 20.1. The molecule has 11 heteroatoms. The van der Waals surface area contributed by atoms with Crippen molar-refractivity contribution in [2.75, 3.05) is 42.9 Å². The van der Waals surface area contributed by atoms with E-state index < -0.39 is 6.09 Å². The van der Waals surface area contributed by atoms with Crippen molar-refractivity contribution in [3.63, 3.8) is 0 Å². The Bertz CT molecular complexity index is 940. The van der Waals surface area contributed by atoms with Crippen LogP contribution in [0.25, 0.3) is 11.3 Å². The van der Waals surface area contributed by atoms with Gasteiger partial charge in [0.25, 0.3) is 0 Å². The summed E-state index contributed by atoms with van der Waals surface area (Å²) in [5.41, 5.74) is 21.6. The highest BCUT2D eigenvalue weighted by Gasteiger charge is 2.28. The maximum absolute atomic E-state index is 11.4. The molecule has 0 saturated carbocycles. The number of nitrogens with one attached hydrogen (secondary N) is 3. The number of hydrogen-bond acceptors (Lipinski definition) is 10. The predicted molar refractivity (Wildman–Crippen MR) is 113 cm³/mol. The van der Waals surface area contributed by atoms with E-state index in [2.05, 4.69) is 35.8 Å². The van der Waals surface area contributed by atoms with E-state index in [1.807, 2.05) is 31.2 Å². The molecule has 0 radical (unpaired) electrons. The maximum Gasteiger partial charge on any atom is 0.406 e. The summed E-state index contributed by atoms with van der Waals surface area (Å²) >= 11 is 0. The number of nitrogens with two attached hydrogens (primary N) is 2. The van der Waals surface area contributed by atoms with Gasteiger partial charge in [0.2, 0.25) is 5.95 Å². The number of methoxy groups -OCH3 is 1. The maximum atomic E-state index is 11.4. The first-order chi connectivity index (χ1) is 14.4. The second-order valence-corrected chi connectivity index (χ2v) is 7.35. The summed E-state index contributed by atoms with van der Waals surface area (Å²) in [5.74, 6) is 0.897. The summed E-state index contributed by atoms with van der Waals surface area (Å²) in [6.07, 6.45) is -0.932. The normalized spacial score (nSPS) is 22.9. The molecule has 0 unspecified atom stereocenters. The number of rotatable bonds is 4. The van der Waals surface area contributed by atoms with Crippen LogP contribution in [0.2, 0.25) is 0 Å². The van der Waals surface area contributed by atoms with Crippen LogP contribution >= 0.6 is 0 Å². The van der Waals surface area contributed by atoms with Gasteiger partial charge in [-0.2, -0.15) is 4.98 Å². The fourth-order valence-electron chi connectivity index (χ4n) is 3.61. The van der Waals surface area contributed by atoms with Gasteiger partial charge in [-0.3, -0.25) is 0 Å². The number of carbonyl (C=O) groups is 1. The van der Waals surface area contributed by atoms with Crippen molar-refractivity contribution in [2.24, 2.45) is 5.73 Å². The second kappa shape index (κ2) is 8.30. The van der Waals surface area contributed by atoms with Crippen LogP contribution in [-0.2, 0) is 9.47 Å². The Balaban J connectivity index is 1.57. The number of alkyl carbamates (subject to hydrolysis) is 1. The zero-order chi connectivity index (χ0) is 21.3. The number of aromatic nitrogens is 2. The average molecular weight is 414 g/mol. The van der Waals surface area contributed by atoms with Gasteiger partial charge in [-0.05, 0) is 13.0 Å². The number of benzene rings is 1. The van der Waals surface area contributed by atoms with E-state index in [0.29, 0.717) is 31.2 Å². The number of hydrogen-bond donors (Lipinski definition) is 5. The standard InChI is InChI=1S/C19H26N8O3/c1-10-9-30-12(7-22-19(28)29-2)8-27(10)16-6-14(23-18(21)24-16)11-3-4-13-15(5-11)25-26-17(13)20/h3-6,10,12,17,25-26H,7-9,20H2,1-2H3,(H,22,28)(H2,21,23,24)/t10-,12-,17-/m1/s1. The molecule has 3 atom stereocenters. The third-order valence-electron chi connectivity index (χ3n) is 5.24. The van der Waals surface area contributed by atoms with E-state index in [9.17, 15) is 4.79 Å². The molecule has 1 saturated heterocycles. The van der Waals surface area contributed by atoms with Crippen LogP contribution < -0.4 is 32.5 Å². The molecule has 1 amide bonds. The first-order valence-corrected chi connectivity index (χ1v) is 9.70. The molecule has 0 spiro atoms. The van der Waals surface area contributed by atoms with Gasteiger partial charge in [0, 0.05) is 30.3 Å². The fourth-order valence-corrected chi connectivity index (χ4v) is 3.61. The average Bonchev–Trinajstić information content (AvgIpc) is 3.12. The van der Waals surface area contributed by atoms with Crippen LogP contribution in [0.1, 0.15) is 18.7 Å². The molecular weight excluding hydrogens is 388 g/mol. The minimum Gasteiger partial charge on any atom is -0.453 e. The number of hydrazine groups is 1. The number of nitrogen functional groups attached to an aromatic ring is 1. The Hall–Kier alpha value is -3.15. The first-order valence-electron chi connectivity index (χ1n) is 9.70. The third-order valence-corrected chi connectivity index (χ3v) is 5.24. The van der Waals surface area contributed by atoms with E-state index in [4.69, 9.17) is 16.2 Å². The minimum absolute atomic E-state index is 0.0883. The van der Waals surface area contributed by atoms with Crippen LogP contribution in [0.5, 0.6) is 0 Å². The van der Waals surface area contributed by atoms with Crippen LogP contribution in [-0.4, -0.2) is 55.0 Å². The number of morpholine rings is 1. The molecular formula is C19H26N8O3. The number of anilines is 3. The van der Waals surface area contributed by atoms with Gasteiger partial charge in [-0.15, -0.1) is 0 Å². The number of carbonyl (C=O) groups excluding carboxylic acids is 1. The van der Waals surface area contributed by atoms with Crippen molar-refractivity contribution in [1.82, 2.24) is 20.7 Å². The number of ether oxygens (including phenoxy) is 2. The number of fused-ring (bicyclic) bond motifs is 1. The summed E-state index contributed by atoms with van der Waals surface area (Å²) in [6.45, 7) is 3.44. The zero-order valence-electron chi connectivity index (χ0n) is 16.9. The molecule has 30 heavy (non-hydrogen) atoms. The number of amides is 1. The van der Waals surface area contributed by atoms with Crippen LogP contribution in [0.4, 0.5) is 22.2 Å². The van der Waals surface area contributed by atoms with E-state index in [0.717, 1.165) is 16.8 Å². The minimum atomic E-state index is -0.489. The SMILES string of the molecule is COC(=O)NC[C@@H]1CN(c2cc(-c3ccc4c(c3)NN[C@H]4N)nc(N)n2)[C@H](C)CO1. The van der Waals surface area contributed by atoms with Gasteiger partial charge < -0.3 is 36.6 Å². The molecule has 0 bridgehead atoms. The van der Waals surface area contributed by atoms with E-state index in [1.54, 1.807) is 0 Å². The molecule has 1 aromatic heterocycles. The Morgan fingerprint density at radius 2 is 2.23 bits per heavy atom. The van der Waals surface area contributed by atoms with Crippen molar-refractivity contribution < 1.29 is 14.3 Å². The zero-order valence-corrected chi connectivity index (χ0v) is 16.9. The molecule has 11 nitrogen and oxygen atoms in total. The molecule has 3 heterocycles. The highest BCUT2D eigenvalue weighted by molar-refractivity contribution is 5.71. The van der Waals surface area contributed by atoms with Gasteiger partial charge in [-0.1, -0.05) is 12.1 Å². The van der Waals surface area contributed by atoms with Crippen molar-refractivity contribution in [3.05, 3.63) is 29.8 Å².